The lowest BCUT2D eigenvalue weighted by Gasteiger charge is -2.14. The van der Waals surface area contributed by atoms with Crippen LogP contribution in [-0.4, -0.2) is 43.0 Å². The molecule has 0 radical (unpaired) electrons. The highest BCUT2D eigenvalue weighted by Gasteiger charge is 2.15. The fraction of sp³-hybridized carbons (Fsp3) is 0.222. The largest absolute Gasteiger partial charge is 0.382 e. The Balaban J connectivity index is 2.09. The Hall–Kier alpha value is -2.51. The first-order chi connectivity index (χ1) is 8.16. The second kappa shape index (κ2) is 4.56. The van der Waals surface area contributed by atoms with Gasteiger partial charge in [0.05, 0.1) is 18.9 Å². The van der Waals surface area contributed by atoms with Gasteiger partial charge in [0.25, 0.3) is 5.91 Å². The molecule has 0 aromatic carbocycles. The van der Waals surface area contributed by atoms with Crippen LogP contribution in [0.4, 0.5) is 5.82 Å². The summed E-state index contributed by atoms with van der Waals surface area (Å²) in [7, 11) is 1.63. The van der Waals surface area contributed by atoms with E-state index in [2.05, 4.69) is 25.1 Å². The molecule has 2 aromatic rings. The van der Waals surface area contributed by atoms with Crippen LogP contribution in [-0.2, 0) is 6.54 Å². The minimum Gasteiger partial charge on any atom is -0.382 e. The number of H-pyrrole nitrogens is 1. The molecule has 0 bridgehead atoms. The number of anilines is 1. The smallest absolute Gasteiger partial charge is 0.274 e. The molecule has 17 heavy (non-hydrogen) atoms. The number of nitrogen functional groups attached to an aromatic ring is 1. The summed E-state index contributed by atoms with van der Waals surface area (Å²) in [5, 5.41) is 6.37. The van der Waals surface area contributed by atoms with E-state index in [1.54, 1.807) is 7.05 Å². The molecule has 88 valence electrons. The van der Waals surface area contributed by atoms with Gasteiger partial charge in [0, 0.05) is 7.05 Å². The van der Waals surface area contributed by atoms with Crippen molar-refractivity contribution in [3.05, 3.63) is 30.2 Å². The lowest BCUT2D eigenvalue weighted by molar-refractivity contribution is 0.0775. The van der Waals surface area contributed by atoms with Crippen molar-refractivity contribution in [1.82, 2.24) is 30.0 Å². The molecule has 0 unspecified atom stereocenters. The summed E-state index contributed by atoms with van der Waals surface area (Å²) in [5.74, 6) is 0.530. The molecule has 8 heteroatoms. The molecule has 0 saturated carbocycles. The van der Waals surface area contributed by atoms with Crippen molar-refractivity contribution in [1.29, 1.82) is 0 Å². The molecule has 2 rings (SSSR count). The van der Waals surface area contributed by atoms with Gasteiger partial charge in [-0.05, 0) is 0 Å². The summed E-state index contributed by atoms with van der Waals surface area (Å²) < 4.78 is 0. The number of nitrogens with one attached hydrogen (secondary N) is 1. The molecular weight excluding hydrogens is 222 g/mol. The van der Waals surface area contributed by atoms with Gasteiger partial charge in [-0.15, -0.1) is 0 Å². The number of rotatable bonds is 3. The van der Waals surface area contributed by atoms with E-state index < -0.39 is 0 Å². The molecule has 0 aliphatic heterocycles. The highest BCUT2D eigenvalue weighted by Crippen LogP contribution is 2.03. The monoisotopic (exact) mass is 233 g/mol. The van der Waals surface area contributed by atoms with Crippen LogP contribution in [0.2, 0.25) is 0 Å². The number of carbonyl (C=O) groups is 1. The van der Waals surface area contributed by atoms with Gasteiger partial charge in [0.2, 0.25) is 0 Å². The lowest BCUT2D eigenvalue weighted by atomic mass is 10.3. The Labute approximate surface area is 96.9 Å². The van der Waals surface area contributed by atoms with Gasteiger partial charge < -0.3 is 10.6 Å². The third kappa shape index (κ3) is 2.54. The maximum Gasteiger partial charge on any atom is 0.274 e. The van der Waals surface area contributed by atoms with Crippen LogP contribution in [0.25, 0.3) is 0 Å². The molecule has 1 amide bonds. The van der Waals surface area contributed by atoms with E-state index in [9.17, 15) is 4.79 Å². The Morgan fingerprint density at radius 3 is 3.00 bits per heavy atom. The first-order valence-electron chi connectivity index (χ1n) is 4.84. The van der Waals surface area contributed by atoms with E-state index in [0.29, 0.717) is 12.4 Å². The molecule has 0 aliphatic carbocycles. The molecule has 0 saturated heterocycles. The van der Waals surface area contributed by atoms with Gasteiger partial charge in [-0.25, -0.2) is 9.97 Å². The standard InChI is InChI=1S/C9H11N7O/c1-16(4-8-12-5-13-15-8)9(17)6-2-11-3-7(10)14-6/h2-3,5H,4H2,1H3,(H2,10,14)(H,12,13,15). The zero-order valence-electron chi connectivity index (χ0n) is 9.16. The summed E-state index contributed by atoms with van der Waals surface area (Å²) >= 11 is 0. The number of nitrogens with zero attached hydrogens (tertiary/aromatic N) is 5. The van der Waals surface area contributed by atoms with Gasteiger partial charge in [-0.2, -0.15) is 5.10 Å². The van der Waals surface area contributed by atoms with E-state index >= 15 is 0 Å². The number of hydrogen-bond acceptors (Lipinski definition) is 6. The summed E-state index contributed by atoms with van der Waals surface area (Å²) in [5.41, 5.74) is 5.66. The van der Waals surface area contributed by atoms with E-state index in [1.165, 1.54) is 23.6 Å². The average Bonchev–Trinajstić information content (AvgIpc) is 2.80. The normalized spacial score (nSPS) is 10.2. The zero-order valence-corrected chi connectivity index (χ0v) is 9.16. The first-order valence-corrected chi connectivity index (χ1v) is 4.84. The third-order valence-electron chi connectivity index (χ3n) is 2.07. The highest BCUT2D eigenvalue weighted by molar-refractivity contribution is 5.92. The molecule has 0 aliphatic rings. The van der Waals surface area contributed by atoms with Crippen LogP contribution in [0, 0.1) is 0 Å². The summed E-state index contributed by atoms with van der Waals surface area (Å²) in [6.45, 7) is 0.315. The second-order valence-corrected chi connectivity index (χ2v) is 3.42. The van der Waals surface area contributed by atoms with Crippen molar-refractivity contribution in [2.45, 2.75) is 6.54 Å². The molecule has 0 atom stereocenters. The second-order valence-electron chi connectivity index (χ2n) is 3.42. The molecule has 0 spiro atoms. The number of hydrogen-bond donors (Lipinski definition) is 2. The van der Waals surface area contributed by atoms with Crippen LogP contribution in [0.1, 0.15) is 16.3 Å². The Kier molecular flexibility index (Phi) is 2.95. The minimum absolute atomic E-state index is 0.201. The van der Waals surface area contributed by atoms with Crippen molar-refractivity contribution >= 4 is 11.7 Å². The van der Waals surface area contributed by atoms with Gasteiger partial charge >= 0.3 is 0 Å². The molecule has 2 aromatic heterocycles. The van der Waals surface area contributed by atoms with Crippen LogP contribution >= 0.6 is 0 Å². The predicted molar refractivity (Wildman–Crippen MR) is 58.6 cm³/mol. The first kappa shape index (κ1) is 11.0. The van der Waals surface area contributed by atoms with Crippen LogP contribution in [0.15, 0.2) is 18.7 Å². The van der Waals surface area contributed by atoms with Crippen molar-refractivity contribution in [3.63, 3.8) is 0 Å². The summed E-state index contributed by atoms with van der Waals surface area (Å²) in [6.07, 6.45) is 4.14. The lowest BCUT2D eigenvalue weighted by Crippen LogP contribution is -2.27. The van der Waals surface area contributed by atoms with E-state index in [-0.39, 0.29) is 17.4 Å². The maximum atomic E-state index is 11.9. The SMILES string of the molecule is CN(Cc1ncn[nH]1)C(=O)c1cncc(N)n1. The quantitative estimate of drug-likeness (QED) is 0.735. The van der Waals surface area contributed by atoms with Crippen molar-refractivity contribution in [3.8, 4) is 0 Å². The number of nitrogens with two attached hydrogens (primary N) is 1. The highest BCUT2D eigenvalue weighted by atomic mass is 16.2. The molecule has 3 N–H and O–H groups in total. The Morgan fingerprint density at radius 1 is 1.53 bits per heavy atom. The fourth-order valence-electron chi connectivity index (χ4n) is 1.28. The number of aromatic nitrogens is 5. The molecule has 2 heterocycles. The van der Waals surface area contributed by atoms with Crippen LogP contribution in [0.5, 0.6) is 0 Å². The Bertz CT molecular complexity index is 510. The van der Waals surface area contributed by atoms with Gasteiger partial charge in [0.1, 0.15) is 23.7 Å². The van der Waals surface area contributed by atoms with E-state index in [4.69, 9.17) is 5.73 Å². The zero-order chi connectivity index (χ0) is 12.3. The van der Waals surface area contributed by atoms with Gasteiger partial charge in [-0.1, -0.05) is 0 Å². The topological polar surface area (TPSA) is 114 Å². The minimum atomic E-state index is -0.277. The molecule has 8 nitrogen and oxygen atoms in total. The predicted octanol–water partition coefficient (Wildman–Crippen LogP) is -0.551. The van der Waals surface area contributed by atoms with E-state index in [1.807, 2.05) is 0 Å². The van der Waals surface area contributed by atoms with Gasteiger partial charge in [0.15, 0.2) is 0 Å². The molecule has 0 fully saturated rings. The summed E-state index contributed by atoms with van der Waals surface area (Å²) in [4.78, 5) is 25.0. The van der Waals surface area contributed by atoms with Crippen LogP contribution < -0.4 is 5.73 Å². The van der Waals surface area contributed by atoms with Crippen molar-refractivity contribution in [2.75, 3.05) is 12.8 Å². The maximum absolute atomic E-state index is 11.9. The van der Waals surface area contributed by atoms with Crippen molar-refractivity contribution < 1.29 is 4.79 Å². The number of aromatic amines is 1. The fourth-order valence-corrected chi connectivity index (χ4v) is 1.28. The number of carbonyl (C=O) groups excluding carboxylic acids is 1. The van der Waals surface area contributed by atoms with E-state index in [0.717, 1.165) is 0 Å². The average molecular weight is 233 g/mol. The Morgan fingerprint density at radius 2 is 2.35 bits per heavy atom. The third-order valence-corrected chi connectivity index (χ3v) is 2.07. The van der Waals surface area contributed by atoms with Crippen LogP contribution in [0.3, 0.4) is 0 Å². The van der Waals surface area contributed by atoms with Crippen molar-refractivity contribution in [2.24, 2.45) is 0 Å². The van der Waals surface area contributed by atoms with Gasteiger partial charge in [-0.3, -0.25) is 14.9 Å². The number of amides is 1. The molecular formula is C9H11N7O. The summed E-state index contributed by atoms with van der Waals surface area (Å²) in [6, 6.07) is 0.